The molecule has 0 unspecified atom stereocenters. The number of hydrogen-bond acceptors (Lipinski definition) is 3. The monoisotopic (exact) mass is 427 g/mol. The van der Waals surface area contributed by atoms with Crippen molar-refractivity contribution in [3.05, 3.63) is 95.6 Å². The van der Waals surface area contributed by atoms with Gasteiger partial charge >= 0.3 is 6.03 Å². The lowest BCUT2D eigenvalue weighted by molar-refractivity contribution is -0.130. The van der Waals surface area contributed by atoms with Crippen molar-refractivity contribution in [2.45, 2.75) is 26.3 Å². The summed E-state index contributed by atoms with van der Waals surface area (Å²) in [7, 11) is 0. The highest BCUT2D eigenvalue weighted by molar-refractivity contribution is 6.16. The molecule has 0 aromatic heterocycles. The van der Waals surface area contributed by atoms with Crippen LogP contribution in [0.3, 0.4) is 0 Å². The van der Waals surface area contributed by atoms with E-state index < -0.39 is 18.0 Å². The Labute approximate surface area is 187 Å². The van der Waals surface area contributed by atoms with Crippen molar-refractivity contribution < 1.29 is 14.4 Å². The van der Waals surface area contributed by atoms with Crippen molar-refractivity contribution in [1.82, 2.24) is 4.90 Å². The third kappa shape index (κ3) is 4.39. The van der Waals surface area contributed by atoms with Crippen LogP contribution in [0, 0.1) is 6.92 Å². The van der Waals surface area contributed by atoms with E-state index in [-0.39, 0.29) is 12.5 Å². The van der Waals surface area contributed by atoms with Crippen LogP contribution in [0.25, 0.3) is 0 Å². The second-order valence-corrected chi connectivity index (χ2v) is 7.96. The maximum atomic E-state index is 13.0. The molecule has 0 aliphatic carbocycles. The first-order chi connectivity index (χ1) is 15.4. The predicted molar refractivity (Wildman–Crippen MR) is 125 cm³/mol. The fraction of sp³-hybridized carbons (Fsp3) is 0.192. The average molecular weight is 428 g/mol. The first kappa shape index (κ1) is 21.3. The Bertz CT molecular complexity index is 1140. The fourth-order valence-corrected chi connectivity index (χ4v) is 3.86. The maximum Gasteiger partial charge on any atom is 0.332 e. The van der Waals surface area contributed by atoms with E-state index >= 15 is 0 Å². The number of anilines is 2. The molecule has 0 bridgehead atoms. The first-order valence-corrected chi connectivity index (χ1v) is 10.6. The Hall–Kier alpha value is -3.93. The molecule has 1 aliphatic heterocycles. The van der Waals surface area contributed by atoms with Crippen molar-refractivity contribution in [2.24, 2.45) is 0 Å². The molecule has 1 fully saturated rings. The largest absolute Gasteiger partial charge is 0.332 e. The summed E-state index contributed by atoms with van der Waals surface area (Å²) in [4.78, 5) is 40.9. The molecular weight excluding hydrogens is 402 g/mol. The Morgan fingerprint density at radius 1 is 0.906 bits per heavy atom. The molecule has 4 rings (SSSR count). The Morgan fingerprint density at radius 2 is 1.56 bits per heavy atom. The van der Waals surface area contributed by atoms with E-state index in [1.54, 1.807) is 19.1 Å². The van der Waals surface area contributed by atoms with Gasteiger partial charge in [-0.05, 0) is 49.6 Å². The lowest BCUT2D eigenvalue weighted by Gasteiger charge is -2.19. The minimum atomic E-state index is -0.664. The average Bonchev–Trinajstić information content (AvgIpc) is 3.00. The second-order valence-electron chi connectivity index (χ2n) is 7.96. The molecule has 0 saturated carbocycles. The fourth-order valence-electron chi connectivity index (χ4n) is 3.86. The van der Waals surface area contributed by atoms with Gasteiger partial charge in [0.05, 0.1) is 0 Å². The smallest absolute Gasteiger partial charge is 0.324 e. The zero-order valence-electron chi connectivity index (χ0n) is 18.1. The normalized spacial score (nSPS) is 15.9. The van der Waals surface area contributed by atoms with Gasteiger partial charge in [-0.2, -0.15) is 0 Å². The van der Waals surface area contributed by atoms with Crippen LogP contribution in [-0.4, -0.2) is 35.3 Å². The number of carbonyl (C=O) groups is 3. The van der Waals surface area contributed by atoms with E-state index in [9.17, 15) is 14.4 Å². The topological polar surface area (TPSA) is 69.7 Å². The molecule has 1 saturated heterocycles. The summed E-state index contributed by atoms with van der Waals surface area (Å²) in [5.41, 5.74) is 4.45. The lowest BCUT2D eigenvalue weighted by atomic mass is 10.0. The molecule has 4 amide bonds. The highest BCUT2D eigenvalue weighted by Gasteiger charge is 2.44. The molecule has 3 aromatic carbocycles. The van der Waals surface area contributed by atoms with Gasteiger partial charge in [-0.3, -0.25) is 19.4 Å². The molecule has 6 heteroatoms. The van der Waals surface area contributed by atoms with E-state index in [0.29, 0.717) is 17.8 Å². The standard InChI is InChI=1S/C26H25N3O3/c1-18-12-14-22(15-13-18)29-19(2)25(31)28(26(29)32)17-24(30)27-23-11-7-6-10-21(23)16-20-8-4-3-5-9-20/h3-15,19H,16-17H2,1-2H3,(H,27,30)/t19-/m0/s1. The van der Waals surface area contributed by atoms with Crippen LogP contribution in [0.4, 0.5) is 16.2 Å². The maximum absolute atomic E-state index is 13.0. The molecule has 6 nitrogen and oxygen atoms in total. The van der Waals surface area contributed by atoms with Gasteiger partial charge in [0.15, 0.2) is 0 Å². The molecule has 0 radical (unpaired) electrons. The van der Waals surface area contributed by atoms with Gasteiger partial charge in [0, 0.05) is 11.4 Å². The number of amides is 4. The zero-order valence-corrected chi connectivity index (χ0v) is 18.1. The molecule has 1 heterocycles. The van der Waals surface area contributed by atoms with Gasteiger partial charge in [0.2, 0.25) is 5.91 Å². The van der Waals surface area contributed by atoms with Crippen LogP contribution in [0.1, 0.15) is 23.6 Å². The van der Waals surface area contributed by atoms with E-state index in [1.165, 1.54) is 4.90 Å². The number of nitrogens with one attached hydrogen (secondary N) is 1. The lowest BCUT2D eigenvalue weighted by Crippen LogP contribution is -2.39. The predicted octanol–water partition coefficient (Wildman–Crippen LogP) is 4.38. The van der Waals surface area contributed by atoms with Gasteiger partial charge in [-0.1, -0.05) is 66.2 Å². The number of rotatable bonds is 6. The summed E-state index contributed by atoms with van der Waals surface area (Å²) in [6.07, 6.45) is 0.664. The summed E-state index contributed by atoms with van der Waals surface area (Å²) in [5, 5.41) is 2.87. The van der Waals surface area contributed by atoms with Crippen molar-refractivity contribution in [3.63, 3.8) is 0 Å². The van der Waals surface area contributed by atoms with Crippen LogP contribution in [0.2, 0.25) is 0 Å². The van der Waals surface area contributed by atoms with Gasteiger partial charge < -0.3 is 5.32 Å². The summed E-state index contributed by atoms with van der Waals surface area (Å²) in [6.45, 7) is 3.30. The van der Waals surface area contributed by atoms with E-state index in [4.69, 9.17) is 0 Å². The highest BCUT2D eigenvalue weighted by atomic mass is 16.2. The van der Waals surface area contributed by atoms with Crippen LogP contribution in [0.5, 0.6) is 0 Å². The molecule has 3 aromatic rings. The van der Waals surface area contributed by atoms with Crippen molar-refractivity contribution >= 4 is 29.2 Å². The SMILES string of the molecule is Cc1ccc(N2C(=O)N(CC(=O)Nc3ccccc3Cc3ccccc3)C(=O)[C@@H]2C)cc1. The number of aryl methyl sites for hydroxylation is 1. The number of urea groups is 1. The number of imide groups is 1. The van der Waals surface area contributed by atoms with Crippen LogP contribution in [0.15, 0.2) is 78.9 Å². The molecule has 0 spiro atoms. The van der Waals surface area contributed by atoms with Crippen LogP contribution in [-0.2, 0) is 16.0 Å². The molecule has 1 N–H and O–H groups in total. The Morgan fingerprint density at radius 3 is 2.28 bits per heavy atom. The first-order valence-electron chi connectivity index (χ1n) is 10.6. The van der Waals surface area contributed by atoms with E-state index in [0.717, 1.165) is 21.6 Å². The third-order valence-corrected chi connectivity index (χ3v) is 5.59. The summed E-state index contributed by atoms with van der Waals surface area (Å²) in [6, 6.07) is 23.7. The summed E-state index contributed by atoms with van der Waals surface area (Å²) < 4.78 is 0. The number of nitrogens with zero attached hydrogens (tertiary/aromatic N) is 2. The molecule has 32 heavy (non-hydrogen) atoms. The minimum absolute atomic E-state index is 0.329. The number of hydrogen-bond donors (Lipinski definition) is 1. The van der Waals surface area contributed by atoms with Gasteiger partial charge in [-0.25, -0.2) is 4.79 Å². The van der Waals surface area contributed by atoms with Gasteiger partial charge in [0.25, 0.3) is 5.91 Å². The van der Waals surface area contributed by atoms with Gasteiger partial charge in [0.1, 0.15) is 12.6 Å². The van der Waals surface area contributed by atoms with Crippen molar-refractivity contribution in [2.75, 3.05) is 16.8 Å². The van der Waals surface area contributed by atoms with Gasteiger partial charge in [-0.15, -0.1) is 0 Å². The van der Waals surface area contributed by atoms with E-state index in [1.807, 2.05) is 73.7 Å². The third-order valence-electron chi connectivity index (χ3n) is 5.59. The van der Waals surface area contributed by atoms with Crippen molar-refractivity contribution in [3.8, 4) is 0 Å². The highest BCUT2D eigenvalue weighted by Crippen LogP contribution is 2.26. The molecule has 1 atom stereocenters. The zero-order chi connectivity index (χ0) is 22.7. The Balaban J connectivity index is 1.47. The Kier molecular flexibility index (Phi) is 6.03. The van der Waals surface area contributed by atoms with E-state index in [2.05, 4.69) is 5.32 Å². The second kappa shape index (κ2) is 9.06. The van der Waals surface area contributed by atoms with Crippen LogP contribution < -0.4 is 10.2 Å². The number of carbonyl (C=O) groups excluding carboxylic acids is 3. The summed E-state index contributed by atoms with van der Waals surface area (Å²) in [5.74, 6) is -0.798. The molecule has 162 valence electrons. The summed E-state index contributed by atoms with van der Waals surface area (Å²) >= 11 is 0. The number of benzene rings is 3. The van der Waals surface area contributed by atoms with Crippen molar-refractivity contribution in [1.29, 1.82) is 0 Å². The van der Waals surface area contributed by atoms with Crippen LogP contribution >= 0.6 is 0 Å². The minimum Gasteiger partial charge on any atom is -0.324 e. The number of para-hydroxylation sites is 1. The molecular formula is C26H25N3O3. The quantitative estimate of drug-likeness (QED) is 0.594. The molecule has 1 aliphatic rings.